The van der Waals surface area contributed by atoms with Crippen molar-refractivity contribution in [3.05, 3.63) is 47.6 Å². The number of amides is 1. The molecule has 4 rings (SSSR count). The molecule has 3 aliphatic heterocycles. The summed E-state index contributed by atoms with van der Waals surface area (Å²) in [5.41, 5.74) is 1.49. The molecule has 0 aromatic heterocycles. The van der Waals surface area contributed by atoms with E-state index in [1.54, 1.807) is 34.0 Å². The molecule has 362 valence electrons. The molecule has 3 fully saturated rings. The fraction of sp³-hybridized carbons (Fsp3) is 0.745. The van der Waals surface area contributed by atoms with Crippen molar-refractivity contribution < 1.29 is 58.2 Å². The standard InChI is InChI=1S/C50H77NO11.CH4O/c1-31-16-11-10-12-17-32(2)26-35(5)44(53)46(60-9)45(54)36(6)27-33(3)42(52)30-43(34(4)28-38-18-15-19-40(29-38)59-8)61-49(57)41-20-13-14-25-51(41)48(56)47(55)50(58)37(7)22-24-39(62-50)23-21-31;1-2/h10-12,16-17,27,32-35,37-41,43,45-46,54,58H,13-15,18-26,28-30H2,1-9H3;2H,1H3/b11-10+,17-12+,31-16+,36-27+;/t32-,33-,34-,35?,37?,38?,39-,40?,41?,43+,45?,46+,50?;/m1./s1. The highest BCUT2D eigenvalue weighted by molar-refractivity contribution is 6.39. The maximum atomic E-state index is 14.3. The molecule has 0 spiro atoms. The third-order valence-corrected chi connectivity index (χ3v) is 14.0. The van der Waals surface area contributed by atoms with Crippen LogP contribution in [-0.4, -0.2) is 120 Å². The Hall–Kier alpha value is -3.33. The van der Waals surface area contributed by atoms with Crippen LogP contribution in [0.3, 0.4) is 0 Å². The minimum Gasteiger partial charge on any atom is -0.460 e. The van der Waals surface area contributed by atoms with E-state index < -0.39 is 71.7 Å². The summed E-state index contributed by atoms with van der Waals surface area (Å²) in [6.45, 7) is 13.1. The third kappa shape index (κ3) is 15.4. The van der Waals surface area contributed by atoms with Crippen LogP contribution in [-0.2, 0) is 42.9 Å². The molecule has 3 N–H and O–H groups in total. The maximum Gasteiger partial charge on any atom is 0.329 e. The zero-order valence-electron chi connectivity index (χ0n) is 40.5. The number of hydrogen-bond donors (Lipinski definition) is 3. The highest BCUT2D eigenvalue weighted by Crippen LogP contribution is 2.37. The van der Waals surface area contributed by atoms with Crippen LogP contribution in [0.25, 0.3) is 0 Å². The lowest BCUT2D eigenvalue weighted by atomic mass is 9.79. The van der Waals surface area contributed by atoms with Gasteiger partial charge in [-0.1, -0.05) is 89.5 Å². The van der Waals surface area contributed by atoms with E-state index in [1.807, 2.05) is 58.1 Å². The van der Waals surface area contributed by atoms with Gasteiger partial charge in [0.25, 0.3) is 11.7 Å². The van der Waals surface area contributed by atoms with Crippen molar-refractivity contribution in [3.63, 3.8) is 0 Å². The predicted molar refractivity (Wildman–Crippen MR) is 246 cm³/mol. The summed E-state index contributed by atoms with van der Waals surface area (Å²) in [6, 6.07) is -1.08. The second-order valence-corrected chi connectivity index (χ2v) is 19.1. The van der Waals surface area contributed by atoms with Gasteiger partial charge in [-0.2, -0.15) is 0 Å². The van der Waals surface area contributed by atoms with Crippen LogP contribution in [0.1, 0.15) is 138 Å². The summed E-state index contributed by atoms with van der Waals surface area (Å²) in [7, 11) is 4.12. The molecule has 1 saturated carbocycles. The number of Topliss-reactive ketones (excluding diaryl/α,β-unsaturated/α-hetero) is 3. The Morgan fingerprint density at radius 3 is 2.28 bits per heavy atom. The second kappa shape index (κ2) is 26.7. The van der Waals surface area contributed by atoms with E-state index in [-0.39, 0.29) is 48.9 Å². The zero-order valence-corrected chi connectivity index (χ0v) is 40.5. The smallest absolute Gasteiger partial charge is 0.329 e. The number of nitrogens with zero attached hydrogens (tertiary/aromatic N) is 1. The van der Waals surface area contributed by atoms with Gasteiger partial charge in [0.2, 0.25) is 5.79 Å². The number of fused-ring (bicyclic) bond motifs is 3. The average molecular weight is 900 g/mol. The molecule has 0 aromatic rings. The van der Waals surface area contributed by atoms with Gasteiger partial charge >= 0.3 is 5.97 Å². The quantitative estimate of drug-likeness (QED) is 0.144. The van der Waals surface area contributed by atoms with Gasteiger partial charge in [0.1, 0.15) is 30.1 Å². The van der Waals surface area contributed by atoms with Crippen molar-refractivity contribution >= 4 is 29.2 Å². The molecule has 2 saturated heterocycles. The fourth-order valence-electron chi connectivity index (χ4n) is 9.83. The van der Waals surface area contributed by atoms with Crippen LogP contribution in [0.4, 0.5) is 0 Å². The molecular weight excluding hydrogens is 819 g/mol. The number of esters is 1. The van der Waals surface area contributed by atoms with Gasteiger partial charge in [0.15, 0.2) is 5.78 Å². The molecule has 1 amide bonds. The number of ketones is 3. The SMILES string of the molecule is CO.COC1CCCC(C[C@@H](C)[C@@H]2CC(=O)[C@H](C)/C=C(\C)C(O)[C@@H](OC)C(=O)C(C)C[C@H](C)/C=C/C=C/C=C(\C)CC[C@@H]3CCC(C)C(O)(O3)C(=O)C(=O)N3CCCCC3C(=O)O2)C1. The number of methoxy groups -OCH3 is 2. The molecule has 0 aromatic carbocycles. The monoisotopic (exact) mass is 900 g/mol. The first kappa shape index (κ1) is 55.0. The summed E-state index contributed by atoms with van der Waals surface area (Å²) in [5.74, 6) is -7.13. The van der Waals surface area contributed by atoms with Crippen molar-refractivity contribution in [2.45, 2.75) is 181 Å². The molecule has 0 radical (unpaired) electrons. The molecule has 13 heteroatoms. The van der Waals surface area contributed by atoms with Crippen LogP contribution in [0.5, 0.6) is 0 Å². The predicted octanol–water partition coefficient (Wildman–Crippen LogP) is 7.19. The van der Waals surface area contributed by atoms with E-state index in [0.717, 1.165) is 38.4 Å². The number of allylic oxidation sites excluding steroid dienone is 7. The Labute approximate surface area is 383 Å². The minimum absolute atomic E-state index is 0.0625. The Morgan fingerprint density at radius 2 is 1.59 bits per heavy atom. The Balaban J connectivity index is 0.00000537. The summed E-state index contributed by atoms with van der Waals surface area (Å²) < 4.78 is 23.7. The van der Waals surface area contributed by atoms with E-state index in [1.165, 1.54) is 12.0 Å². The Kier molecular flexibility index (Phi) is 23.0. The lowest BCUT2D eigenvalue weighted by Gasteiger charge is -2.42. The van der Waals surface area contributed by atoms with Crippen LogP contribution >= 0.6 is 0 Å². The molecular formula is C51H81NO12. The Morgan fingerprint density at radius 1 is 0.875 bits per heavy atom. The van der Waals surface area contributed by atoms with Crippen molar-refractivity contribution in [1.82, 2.24) is 4.90 Å². The van der Waals surface area contributed by atoms with Crippen molar-refractivity contribution in [3.8, 4) is 0 Å². The number of hydrogen-bond acceptors (Lipinski definition) is 12. The number of ether oxygens (including phenoxy) is 4. The van der Waals surface area contributed by atoms with Gasteiger partial charge in [-0.3, -0.25) is 19.2 Å². The molecule has 4 aliphatic rings. The number of cyclic esters (lactones) is 1. The first-order chi connectivity index (χ1) is 30.4. The van der Waals surface area contributed by atoms with Crippen molar-refractivity contribution in [2.24, 2.45) is 35.5 Å². The number of rotatable bonds is 5. The summed E-state index contributed by atoms with van der Waals surface area (Å²) in [4.78, 5) is 71.4. The molecule has 7 unspecified atom stereocenters. The lowest BCUT2D eigenvalue weighted by Crippen LogP contribution is -2.60. The summed E-state index contributed by atoms with van der Waals surface area (Å²) in [6.07, 6.45) is 16.7. The van der Waals surface area contributed by atoms with Crippen LogP contribution in [0, 0.1) is 35.5 Å². The van der Waals surface area contributed by atoms with E-state index >= 15 is 0 Å². The first-order valence-corrected chi connectivity index (χ1v) is 23.8. The van der Waals surface area contributed by atoms with Crippen molar-refractivity contribution in [1.29, 1.82) is 0 Å². The highest BCUT2D eigenvalue weighted by atomic mass is 16.6. The Bertz CT molecular complexity index is 1670. The fourth-order valence-corrected chi connectivity index (χ4v) is 9.83. The number of aliphatic hydroxyl groups excluding tert-OH is 2. The normalized spacial score (nSPS) is 38.2. The number of carbonyl (C=O) groups is 5. The molecule has 2 bridgehead atoms. The van der Waals surface area contributed by atoms with E-state index in [0.29, 0.717) is 62.9 Å². The summed E-state index contributed by atoms with van der Waals surface area (Å²) >= 11 is 0. The van der Waals surface area contributed by atoms with Gasteiger partial charge in [-0.15, -0.1) is 0 Å². The molecule has 3 heterocycles. The highest BCUT2D eigenvalue weighted by Gasteiger charge is 2.52. The first-order valence-electron chi connectivity index (χ1n) is 23.8. The molecule has 13 nitrogen and oxygen atoms in total. The third-order valence-electron chi connectivity index (χ3n) is 14.0. The van der Waals surface area contributed by atoms with Gasteiger partial charge in [-0.25, -0.2) is 4.79 Å². The number of carbonyl (C=O) groups excluding carboxylic acids is 5. The molecule has 64 heavy (non-hydrogen) atoms. The molecule has 1 aliphatic carbocycles. The van der Waals surface area contributed by atoms with Gasteiger partial charge in [0, 0.05) is 52.0 Å². The van der Waals surface area contributed by atoms with E-state index in [9.17, 15) is 34.2 Å². The van der Waals surface area contributed by atoms with Crippen molar-refractivity contribution in [2.75, 3.05) is 27.9 Å². The van der Waals surface area contributed by atoms with Crippen LogP contribution < -0.4 is 0 Å². The average Bonchev–Trinajstić information content (AvgIpc) is 3.28. The number of piperidine rings is 1. The van der Waals surface area contributed by atoms with E-state index in [2.05, 4.69) is 0 Å². The van der Waals surface area contributed by atoms with Gasteiger partial charge in [0.05, 0.1) is 12.2 Å². The van der Waals surface area contributed by atoms with Crippen LogP contribution in [0.15, 0.2) is 47.6 Å². The van der Waals surface area contributed by atoms with Gasteiger partial charge < -0.3 is 39.2 Å². The zero-order chi connectivity index (χ0) is 47.7. The topological polar surface area (TPSA) is 186 Å². The van der Waals surface area contributed by atoms with E-state index in [4.69, 9.17) is 24.1 Å². The number of aliphatic hydroxyl groups is 3. The lowest BCUT2D eigenvalue weighted by molar-refractivity contribution is -0.263. The van der Waals surface area contributed by atoms with Crippen LogP contribution in [0.2, 0.25) is 0 Å². The molecule has 13 atom stereocenters. The maximum absolute atomic E-state index is 14.3. The minimum atomic E-state index is -2.34. The van der Waals surface area contributed by atoms with Gasteiger partial charge in [-0.05, 0) is 108 Å². The summed E-state index contributed by atoms with van der Waals surface area (Å²) in [5, 5.41) is 30.2. The second-order valence-electron chi connectivity index (χ2n) is 19.1. The largest absolute Gasteiger partial charge is 0.460 e.